The molecule has 2 aromatic rings. The van der Waals surface area contributed by atoms with Gasteiger partial charge in [0.25, 0.3) is 15.7 Å². The van der Waals surface area contributed by atoms with E-state index in [1.165, 1.54) is 12.1 Å². The molecule has 3 rings (SSSR count). The number of hydrogen-bond donors (Lipinski definition) is 1. The first kappa shape index (κ1) is 15.9. The molecular formula is C15H13N3O5S. The molecule has 8 nitrogen and oxygen atoms in total. The van der Waals surface area contributed by atoms with Gasteiger partial charge in [-0.2, -0.15) is 0 Å². The summed E-state index contributed by atoms with van der Waals surface area (Å²) in [4.78, 5) is 21.6. The molecule has 0 aliphatic carbocycles. The first-order chi connectivity index (χ1) is 11.3. The molecule has 9 heteroatoms. The van der Waals surface area contributed by atoms with Crippen molar-refractivity contribution < 1.29 is 18.1 Å². The Bertz CT molecular complexity index is 924. The second-order valence-corrected chi connectivity index (χ2v) is 7.16. The van der Waals surface area contributed by atoms with Crippen LogP contribution in [0.25, 0.3) is 0 Å². The highest BCUT2D eigenvalue weighted by Gasteiger charge is 2.38. The lowest BCUT2D eigenvalue weighted by Gasteiger charge is -2.19. The summed E-state index contributed by atoms with van der Waals surface area (Å²) < 4.78 is 26.8. The van der Waals surface area contributed by atoms with Gasteiger partial charge in [0.15, 0.2) is 0 Å². The normalized spacial score (nSPS) is 16.7. The number of primary amides is 1. The van der Waals surface area contributed by atoms with Crippen LogP contribution in [0.2, 0.25) is 0 Å². The van der Waals surface area contributed by atoms with E-state index in [4.69, 9.17) is 5.73 Å². The van der Waals surface area contributed by atoms with Crippen LogP contribution < -0.4 is 10.0 Å². The molecular weight excluding hydrogens is 334 g/mol. The number of rotatable bonds is 4. The third-order valence-electron chi connectivity index (χ3n) is 3.91. The van der Waals surface area contributed by atoms with E-state index in [9.17, 15) is 23.3 Å². The van der Waals surface area contributed by atoms with Crippen LogP contribution in [0.3, 0.4) is 0 Å². The van der Waals surface area contributed by atoms with Crippen molar-refractivity contribution in [1.29, 1.82) is 0 Å². The number of nitro groups is 1. The van der Waals surface area contributed by atoms with Crippen molar-refractivity contribution in [1.82, 2.24) is 0 Å². The predicted octanol–water partition coefficient (Wildman–Crippen LogP) is 1.37. The molecule has 0 fully saturated rings. The minimum absolute atomic E-state index is 0.0893. The average Bonchev–Trinajstić information content (AvgIpc) is 2.95. The number of amides is 1. The number of hydrogen-bond acceptors (Lipinski definition) is 5. The van der Waals surface area contributed by atoms with Gasteiger partial charge in [-0.1, -0.05) is 18.2 Å². The zero-order valence-electron chi connectivity index (χ0n) is 12.3. The average molecular weight is 347 g/mol. The fourth-order valence-corrected chi connectivity index (χ4v) is 4.21. The zero-order valence-corrected chi connectivity index (χ0v) is 13.1. The number of non-ortho nitro benzene ring substituents is 1. The van der Waals surface area contributed by atoms with Gasteiger partial charge in [0.05, 0.1) is 28.0 Å². The van der Waals surface area contributed by atoms with Crippen molar-refractivity contribution in [2.24, 2.45) is 5.73 Å². The number of sulfonamides is 1. The Hall–Kier alpha value is -2.94. The van der Waals surface area contributed by atoms with E-state index < -0.39 is 26.8 Å². The topological polar surface area (TPSA) is 124 Å². The maximum Gasteiger partial charge on any atom is 0.269 e. The molecule has 0 aromatic heterocycles. The highest BCUT2D eigenvalue weighted by atomic mass is 32.2. The van der Waals surface area contributed by atoms with Crippen molar-refractivity contribution in [3.63, 3.8) is 0 Å². The van der Waals surface area contributed by atoms with E-state index >= 15 is 0 Å². The summed E-state index contributed by atoms with van der Waals surface area (Å²) in [5.74, 6) is -1.34. The first-order valence-electron chi connectivity index (χ1n) is 6.98. The van der Waals surface area contributed by atoms with E-state index in [0.717, 1.165) is 16.4 Å². The van der Waals surface area contributed by atoms with Crippen LogP contribution in [0, 0.1) is 10.1 Å². The molecule has 0 unspecified atom stereocenters. The van der Waals surface area contributed by atoms with E-state index in [1.54, 1.807) is 24.3 Å². The quantitative estimate of drug-likeness (QED) is 0.661. The molecule has 1 amide bonds. The van der Waals surface area contributed by atoms with E-state index in [2.05, 4.69) is 0 Å². The van der Waals surface area contributed by atoms with Gasteiger partial charge >= 0.3 is 0 Å². The first-order valence-corrected chi connectivity index (χ1v) is 8.42. The molecule has 0 radical (unpaired) electrons. The minimum Gasteiger partial charge on any atom is -0.369 e. The number of nitro benzene ring substituents is 1. The number of carbonyl (C=O) groups is 1. The SMILES string of the molecule is NC(=O)[C@H]1CN(S(=O)(=O)c2ccc([N+](=O)[O-])cc2)c2ccccc21. The number of nitrogens with zero attached hydrogens (tertiary/aromatic N) is 2. The Kier molecular flexibility index (Phi) is 3.72. The second-order valence-electron chi connectivity index (χ2n) is 5.30. The Morgan fingerprint density at radius 2 is 1.79 bits per heavy atom. The number of nitrogens with two attached hydrogens (primary N) is 1. The lowest BCUT2D eigenvalue weighted by Crippen LogP contribution is -2.33. The van der Waals surface area contributed by atoms with Crippen molar-refractivity contribution >= 4 is 27.3 Å². The van der Waals surface area contributed by atoms with Crippen molar-refractivity contribution in [2.75, 3.05) is 10.8 Å². The molecule has 1 aliphatic rings. The van der Waals surface area contributed by atoms with Crippen LogP contribution in [0.4, 0.5) is 11.4 Å². The van der Waals surface area contributed by atoms with Gasteiger partial charge in [-0.25, -0.2) is 8.42 Å². The van der Waals surface area contributed by atoms with Crippen LogP contribution in [0.1, 0.15) is 11.5 Å². The summed E-state index contributed by atoms with van der Waals surface area (Å²) in [6, 6.07) is 11.2. The third kappa shape index (κ3) is 2.48. The summed E-state index contributed by atoms with van der Waals surface area (Å²) in [5.41, 5.74) is 6.11. The monoisotopic (exact) mass is 347 g/mol. The highest BCUT2D eigenvalue weighted by Crippen LogP contribution is 2.39. The fraction of sp³-hybridized carbons (Fsp3) is 0.133. The summed E-state index contributed by atoms with van der Waals surface area (Å²) in [6.07, 6.45) is 0. The van der Waals surface area contributed by atoms with Crippen molar-refractivity contribution in [3.8, 4) is 0 Å². The Morgan fingerprint density at radius 1 is 1.17 bits per heavy atom. The molecule has 1 atom stereocenters. The zero-order chi connectivity index (χ0) is 17.5. The molecule has 0 saturated carbocycles. The minimum atomic E-state index is -3.96. The Balaban J connectivity index is 2.04. The maximum absolute atomic E-state index is 12.9. The van der Waals surface area contributed by atoms with Gasteiger partial charge in [0.1, 0.15) is 0 Å². The molecule has 0 bridgehead atoms. The number of carbonyl (C=O) groups excluding carboxylic acids is 1. The Labute approximate surface area is 137 Å². The lowest BCUT2D eigenvalue weighted by atomic mass is 10.0. The third-order valence-corrected chi connectivity index (χ3v) is 5.70. The highest BCUT2D eigenvalue weighted by molar-refractivity contribution is 7.92. The van der Waals surface area contributed by atoms with Crippen LogP contribution in [0.15, 0.2) is 53.4 Å². The molecule has 0 saturated heterocycles. The largest absolute Gasteiger partial charge is 0.369 e. The molecule has 124 valence electrons. The van der Waals surface area contributed by atoms with Crippen molar-refractivity contribution in [3.05, 3.63) is 64.2 Å². The van der Waals surface area contributed by atoms with Gasteiger partial charge in [0.2, 0.25) is 5.91 Å². The second kappa shape index (κ2) is 5.60. The Morgan fingerprint density at radius 3 is 2.38 bits per heavy atom. The summed E-state index contributed by atoms with van der Waals surface area (Å²) in [7, 11) is -3.96. The lowest BCUT2D eigenvalue weighted by molar-refractivity contribution is -0.384. The number of anilines is 1. The van der Waals surface area contributed by atoms with Crippen molar-refractivity contribution in [2.45, 2.75) is 10.8 Å². The number of para-hydroxylation sites is 1. The molecule has 1 aliphatic heterocycles. The van der Waals surface area contributed by atoms with E-state index in [-0.39, 0.29) is 17.1 Å². The van der Waals surface area contributed by atoms with Crippen LogP contribution in [-0.2, 0) is 14.8 Å². The predicted molar refractivity (Wildman–Crippen MR) is 86.0 cm³/mol. The van der Waals surface area contributed by atoms with Crippen LogP contribution in [0.5, 0.6) is 0 Å². The van der Waals surface area contributed by atoms with Gasteiger partial charge in [-0.05, 0) is 23.8 Å². The number of benzene rings is 2. The van der Waals surface area contributed by atoms with Crippen LogP contribution in [-0.4, -0.2) is 25.8 Å². The standard InChI is InChI=1S/C15H13N3O5S/c16-15(19)13-9-17(14-4-2-1-3-12(13)14)24(22,23)11-7-5-10(6-8-11)18(20)21/h1-8,13H,9H2,(H2,16,19)/t13-/m0/s1. The number of fused-ring (bicyclic) bond motifs is 1. The molecule has 2 aromatic carbocycles. The van der Waals surface area contributed by atoms with E-state index in [1.807, 2.05) is 0 Å². The molecule has 2 N–H and O–H groups in total. The molecule has 1 heterocycles. The smallest absolute Gasteiger partial charge is 0.269 e. The van der Waals surface area contributed by atoms with Gasteiger partial charge in [0, 0.05) is 12.1 Å². The van der Waals surface area contributed by atoms with Gasteiger partial charge in [-0.3, -0.25) is 19.2 Å². The molecule has 0 spiro atoms. The van der Waals surface area contributed by atoms with Crippen LogP contribution >= 0.6 is 0 Å². The maximum atomic E-state index is 12.9. The fourth-order valence-electron chi connectivity index (χ4n) is 2.71. The summed E-state index contributed by atoms with van der Waals surface area (Å²) in [6.45, 7) is -0.0893. The summed E-state index contributed by atoms with van der Waals surface area (Å²) >= 11 is 0. The van der Waals surface area contributed by atoms with E-state index in [0.29, 0.717) is 11.3 Å². The molecule has 24 heavy (non-hydrogen) atoms. The van der Waals surface area contributed by atoms with Gasteiger partial charge < -0.3 is 5.73 Å². The van der Waals surface area contributed by atoms with Gasteiger partial charge in [-0.15, -0.1) is 0 Å². The summed E-state index contributed by atoms with van der Waals surface area (Å²) in [5, 5.41) is 10.7.